The molecule has 0 radical (unpaired) electrons. The summed E-state index contributed by atoms with van der Waals surface area (Å²) in [6, 6.07) is -0.178. The van der Waals surface area contributed by atoms with E-state index < -0.39 is 6.23 Å². The highest BCUT2D eigenvalue weighted by molar-refractivity contribution is 6.17. The van der Waals surface area contributed by atoms with Gasteiger partial charge in [-0.15, -0.1) is 5.01 Å². The van der Waals surface area contributed by atoms with Crippen LogP contribution in [0.5, 0.6) is 0 Å². The average Bonchev–Trinajstić information content (AvgIpc) is 1.98. The smallest absolute Gasteiger partial charge is 0.234 e. The van der Waals surface area contributed by atoms with Crippen molar-refractivity contribution in [3.05, 3.63) is 5.21 Å². The van der Waals surface area contributed by atoms with Gasteiger partial charge in [-0.05, 0) is 0 Å². The minimum atomic E-state index is -0.741. The second-order valence-electron chi connectivity index (χ2n) is 2.00. The highest BCUT2D eigenvalue weighted by atomic mass is 35.5. The highest BCUT2D eigenvalue weighted by Crippen LogP contribution is 2.13. The van der Waals surface area contributed by atoms with E-state index in [0.29, 0.717) is 13.0 Å². The van der Waals surface area contributed by atoms with E-state index in [1.807, 2.05) is 0 Å². The molecule has 11 heavy (non-hydrogen) atoms. The molecule has 0 saturated carbocycles. The van der Waals surface area contributed by atoms with Crippen molar-refractivity contribution in [1.29, 1.82) is 0 Å². The lowest BCUT2D eigenvalue weighted by atomic mass is 10.2. The van der Waals surface area contributed by atoms with Crippen LogP contribution in [-0.4, -0.2) is 33.9 Å². The van der Waals surface area contributed by atoms with Crippen LogP contribution in [0, 0.1) is 5.21 Å². The van der Waals surface area contributed by atoms with Crippen LogP contribution in [0.15, 0.2) is 5.28 Å². The summed E-state index contributed by atoms with van der Waals surface area (Å²) in [6.07, 6.45) is -0.162. The molecule has 7 heteroatoms. The summed E-state index contributed by atoms with van der Waals surface area (Å²) in [5.41, 5.74) is 0. The van der Waals surface area contributed by atoms with Gasteiger partial charge in [0.25, 0.3) is 0 Å². The molecule has 0 aromatic carbocycles. The summed E-state index contributed by atoms with van der Waals surface area (Å²) < 4.78 is 0. The Hall–Kier alpha value is -0.750. The van der Waals surface area contributed by atoms with Gasteiger partial charge < -0.3 is 15.2 Å². The molecule has 1 rings (SSSR count). The third kappa shape index (κ3) is 1.84. The number of hydrogen-bond donors (Lipinski definition) is 1. The van der Waals surface area contributed by atoms with Gasteiger partial charge in [0.2, 0.25) is 5.28 Å². The maximum Gasteiger partial charge on any atom is 0.234 e. The molecule has 1 heterocycles. The van der Waals surface area contributed by atoms with Crippen LogP contribution in [0.25, 0.3) is 0 Å². The minimum Gasteiger partial charge on any atom is -0.569 e. The molecule has 1 fully saturated rings. The minimum absolute atomic E-state index is 0.178. The van der Waals surface area contributed by atoms with Crippen molar-refractivity contribution < 1.29 is 14.9 Å². The van der Waals surface area contributed by atoms with Gasteiger partial charge in [-0.3, -0.25) is 0 Å². The number of halogens is 1. The van der Waals surface area contributed by atoms with Gasteiger partial charge in [-0.25, -0.2) is 0 Å². The molecule has 1 aliphatic rings. The lowest BCUT2D eigenvalue weighted by molar-refractivity contribution is -0.741. The van der Waals surface area contributed by atoms with E-state index in [4.69, 9.17) is 16.7 Å². The summed E-state index contributed by atoms with van der Waals surface area (Å²) in [7, 11) is 0. The van der Waals surface area contributed by atoms with E-state index in [1.165, 1.54) is 0 Å². The number of nitrogens with zero attached hydrogens (tertiary/aromatic N) is 3. The number of rotatable bonds is 3. The van der Waals surface area contributed by atoms with Gasteiger partial charge in [-0.2, -0.15) is 0 Å². The Morgan fingerprint density at radius 3 is 3.00 bits per heavy atom. The normalized spacial score (nSPS) is 24.7. The summed E-state index contributed by atoms with van der Waals surface area (Å²) in [5.74, 6) is 0. The van der Waals surface area contributed by atoms with E-state index in [2.05, 4.69) is 10.1 Å². The van der Waals surface area contributed by atoms with Gasteiger partial charge in [0, 0.05) is 6.42 Å². The first-order chi connectivity index (χ1) is 5.25. The Kier molecular flexibility index (Phi) is 2.72. The number of alkyl halides is 1. The summed E-state index contributed by atoms with van der Waals surface area (Å²) >= 11 is 5.09. The van der Waals surface area contributed by atoms with E-state index in [0.717, 1.165) is 5.01 Å². The number of hydrazine groups is 1. The monoisotopic (exact) mass is 181 g/mol. The Morgan fingerprint density at radius 1 is 1.91 bits per heavy atom. The van der Waals surface area contributed by atoms with E-state index in [1.54, 1.807) is 0 Å². The third-order valence-electron chi connectivity index (χ3n) is 1.36. The maximum atomic E-state index is 10.7. The van der Waals surface area contributed by atoms with Crippen molar-refractivity contribution in [2.24, 2.45) is 5.28 Å². The van der Waals surface area contributed by atoms with Gasteiger partial charge >= 0.3 is 0 Å². The quantitative estimate of drug-likeness (QED) is 0.288. The summed E-state index contributed by atoms with van der Waals surface area (Å²) in [5, 5.41) is 23.8. The molecular weight excluding hydrogens is 174 g/mol. The van der Waals surface area contributed by atoms with Crippen LogP contribution >= 0.6 is 11.6 Å². The van der Waals surface area contributed by atoms with Crippen LogP contribution in [0.4, 0.5) is 0 Å². The van der Waals surface area contributed by atoms with Gasteiger partial charge in [0.15, 0.2) is 12.3 Å². The second kappa shape index (κ2) is 3.59. The van der Waals surface area contributed by atoms with Crippen molar-refractivity contribution in [3.63, 3.8) is 0 Å². The van der Waals surface area contributed by atoms with E-state index in [9.17, 15) is 5.21 Å². The number of aliphatic hydroxyl groups is 1. The SMILES string of the molecule is [O-]/[N+](=N/OCCl)N1CCC1O. The Bertz CT molecular complexity index is 165. The lowest BCUT2D eigenvalue weighted by Crippen LogP contribution is -2.51. The van der Waals surface area contributed by atoms with Crippen molar-refractivity contribution in [3.8, 4) is 0 Å². The lowest BCUT2D eigenvalue weighted by Gasteiger charge is -2.30. The zero-order chi connectivity index (χ0) is 8.27. The largest absolute Gasteiger partial charge is 0.569 e. The molecule has 6 nitrogen and oxygen atoms in total. The molecular formula is C4H8ClN3O3. The van der Waals surface area contributed by atoms with E-state index in [-0.39, 0.29) is 11.0 Å². The first kappa shape index (κ1) is 8.35. The number of aliphatic hydroxyl groups excluding tert-OH is 1. The molecule has 1 saturated heterocycles. The average molecular weight is 182 g/mol. The van der Waals surface area contributed by atoms with Crippen molar-refractivity contribution in [1.82, 2.24) is 5.01 Å². The molecule has 64 valence electrons. The first-order valence-corrected chi connectivity index (χ1v) is 3.60. The van der Waals surface area contributed by atoms with Gasteiger partial charge in [-0.1, -0.05) is 11.6 Å². The molecule has 0 aromatic rings. The molecule has 0 bridgehead atoms. The molecule has 0 aliphatic carbocycles. The van der Waals surface area contributed by atoms with Crippen molar-refractivity contribution >= 4 is 11.6 Å². The fourth-order valence-electron chi connectivity index (χ4n) is 0.678. The fourth-order valence-corrected chi connectivity index (χ4v) is 0.721. The highest BCUT2D eigenvalue weighted by Gasteiger charge is 2.33. The first-order valence-electron chi connectivity index (χ1n) is 3.06. The Labute approximate surface area is 68.1 Å². The zero-order valence-electron chi connectivity index (χ0n) is 5.68. The van der Waals surface area contributed by atoms with Crippen LogP contribution < -0.4 is 0 Å². The maximum absolute atomic E-state index is 10.7. The second-order valence-corrected chi connectivity index (χ2v) is 2.22. The fraction of sp³-hybridized carbons (Fsp3) is 1.00. The summed E-state index contributed by atoms with van der Waals surface area (Å²) in [4.78, 5) is 4.44. The molecule has 1 aliphatic heterocycles. The predicted octanol–water partition coefficient (Wildman–Crippen LogP) is 0.0159. The molecule has 0 aromatic heterocycles. The van der Waals surface area contributed by atoms with Crippen LogP contribution in [0.1, 0.15) is 6.42 Å². The predicted molar refractivity (Wildman–Crippen MR) is 35.2 cm³/mol. The molecule has 1 atom stereocenters. The zero-order valence-corrected chi connectivity index (χ0v) is 6.44. The van der Waals surface area contributed by atoms with Crippen LogP contribution in [-0.2, 0) is 4.84 Å². The van der Waals surface area contributed by atoms with Crippen LogP contribution in [0.3, 0.4) is 0 Å². The summed E-state index contributed by atoms with van der Waals surface area (Å²) in [6.45, 7) is 0.486. The molecule has 1 unspecified atom stereocenters. The molecule has 0 spiro atoms. The van der Waals surface area contributed by atoms with Crippen molar-refractivity contribution in [2.75, 3.05) is 12.6 Å². The van der Waals surface area contributed by atoms with Crippen LogP contribution in [0.2, 0.25) is 0 Å². The Morgan fingerprint density at radius 2 is 2.64 bits per heavy atom. The van der Waals surface area contributed by atoms with Gasteiger partial charge in [0.1, 0.15) is 0 Å². The van der Waals surface area contributed by atoms with Gasteiger partial charge in [0.05, 0.1) is 11.5 Å². The third-order valence-corrected chi connectivity index (χ3v) is 1.45. The number of hydrogen-bond acceptors (Lipinski definition) is 4. The standard InChI is InChI=1S/C4H8ClN3O3/c5-3-11-6-8(10)7-2-1-4(7)9/h4,9H,1-3H2/b8-6+. The molecule has 0 amide bonds. The van der Waals surface area contributed by atoms with Crippen molar-refractivity contribution in [2.45, 2.75) is 12.6 Å². The molecule has 1 N–H and O–H groups in total. The Balaban J connectivity index is 2.34. The van der Waals surface area contributed by atoms with E-state index >= 15 is 0 Å². The topological polar surface area (TPSA) is 71.1 Å².